The Hall–Kier alpha value is -6.18. The van der Waals surface area contributed by atoms with Crippen molar-refractivity contribution in [1.29, 1.82) is 0 Å². The average molecular weight is 625 g/mol. The normalized spacial score (nSPS) is 20.2. The van der Waals surface area contributed by atoms with Crippen LogP contribution in [0.1, 0.15) is 38.4 Å². The van der Waals surface area contributed by atoms with Crippen molar-refractivity contribution in [2.75, 3.05) is 0 Å². The molecule has 0 aliphatic heterocycles. The number of hydrogen-bond donors (Lipinski definition) is 0. The molecule has 0 aliphatic rings. The summed E-state index contributed by atoms with van der Waals surface area (Å²) in [6.07, 6.45) is 0. The molecule has 0 aliphatic carbocycles. The summed E-state index contributed by atoms with van der Waals surface area (Å²) in [5.41, 5.74) is -5.98. The Balaban J connectivity index is 1.55. The summed E-state index contributed by atoms with van der Waals surface area (Å²) >= 11 is 0. The van der Waals surface area contributed by atoms with E-state index in [4.69, 9.17) is 29.1 Å². The maximum Gasteiger partial charge on any atom is 0.143 e. The Bertz CT molecular complexity index is 4330. The number of furan rings is 1. The molecule has 0 unspecified atom stereocenters. The zero-order valence-corrected chi connectivity index (χ0v) is 23.4. The summed E-state index contributed by atoms with van der Waals surface area (Å²) in [6.45, 7) is 0. The van der Waals surface area contributed by atoms with Gasteiger partial charge >= 0.3 is 0 Å². The van der Waals surface area contributed by atoms with Crippen LogP contribution in [-0.2, 0) is 0 Å². The Labute approximate surface area is 311 Å². The summed E-state index contributed by atoms with van der Waals surface area (Å²) in [5, 5.41) is -6.54. The predicted octanol–water partition coefficient (Wildman–Crippen LogP) is 13.2. The van der Waals surface area contributed by atoms with Gasteiger partial charge in [-0.1, -0.05) is 139 Å². The fourth-order valence-electron chi connectivity index (χ4n) is 5.79. The largest absolute Gasteiger partial charge is 0.455 e. The molecule has 1 nitrogen and oxygen atoms in total. The predicted molar refractivity (Wildman–Crippen MR) is 200 cm³/mol. The number of hydrogen-bond acceptors (Lipinski definition) is 1. The van der Waals surface area contributed by atoms with Crippen LogP contribution in [0.4, 0.5) is 0 Å². The van der Waals surface area contributed by atoms with Gasteiger partial charge in [-0.15, -0.1) is 0 Å². The van der Waals surface area contributed by atoms with E-state index < -0.39 is 268 Å². The van der Waals surface area contributed by atoms with E-state index in [1.807, 2.05) is 0 Å². The second-order valence-corrected chi connectivity index (χ2v) is 10.3. The molecule has 1 aromatic heterocycles. The highest BCUT2D eigenvalue weighted by molar-refractivity contribution is 6.24. The summed E-state index contributed by atoms with van der Waals surface area (Å²) in [6, 6.07) is -26.3. The second-order valence-electron chi connectivity index (χ2n) is 10.3. The zero-order valence-electron chi connectivity index (χ0n) is 51.4. The maximum atomic E-state index is 9.96. The summed E-state index contributed by atoms with van der Waals surface area (Å²) in [4.78, 5) is 0. The van der Waals surface area contributed by atoms with Gasteiger partial charge in [0.1, 0.15) is 11.2 Å². The van der Waals surface area contributed by atoms with Gasteiger partial charge in [-0.05, 0) is 101 Å². The molecule has 0 fully saturated rings. The van der Waals surface area contributed by atoms with E-state index in [-0.39, 0.29) is 0 Å². The van der Waals surface area contributed by atoms with Crippen LogP contribution >= 0.6 is 0 Å². The molecule has 1 heterocycles. The minimum atomic E-state index is -1.08. The molecule has 10 rings (SSSR count). The number of rotatable bonds is 3. The molecular weight excluding hydrogens is 569 g/mol. The molecule has 0 saturated heterocycles. The van der Waals surface area contributed by atoms with Crippen LogP contribution in [0, 0.1) is 0 Å². The highest BCUT2D eigenvalue weighted by Gasteiger charge is 2.20. The molecule has 0 saturated carbocycles. The van der Waals surface area contributed by atoms with Crippen LogP contribution in [0.5, 0.6) is 0 Å². The average Bonchev–Trinajstić information content (AvgIpc) is 3.79. The SMILES string of the molecule is [2H]c1c([2H])c([2H])c(-c2c([2H])c(-c3c4c([2H])c([2H])c([2H])c([2H])c4c(-c4c([2H])c([2H])c5oc6c7c([2H])c([2H])c([2H])c([2H])c7c([2H])c([2H])c6c5c4[2H])c4c([2H])c([2H])c([2H])c([2H])c34)c3c([2H])c([2H])c([2H])c([2H])c3c2[2H])c([2H])c1[2H]. The van der Waals surface area contributed by atoms with Gasteiger partial charge in [-0.2, -0.15) is 0 Å². The van der Waals surface area contributed by atoms with Crippen molar-refractivity contribution in [3.8, 4) is 33.4 Å². The molecule has 0 N–H and O–H groups in total. The van der Waals surface area contributed by atoms with Gasteiger partial charge in [0, 0.05) is 16.2 Å². The minimum Gasteiger partial charge on any atom is -0.455 e. The summed E-state index contributed by atoms with van der Waals surface area (Å²) in [7, 11) is 0. The molecule has 0 atom stereocenters. The standard InChI is InChI=1S/C46H28O/c1-2-12-29(13-3-1)33-26-31-15-5-6-16-34(31)42(28-33)45-38-20-10-8-18-36(38)44(37-19-9-11-21-39(37)45)32-23-25-43-41(27-32)40-24-22-30-14-4-7-17-35(30)46(40)47-43/h1-28H/i1D,2D,3D,4D,5D,6D,7D,8D,9D,10D,11D,12D,13D,14D,15D,16D,17D,18D,19D,20D,21D,22D,23D,24D,25D,26D,27D,28D. The maximum absolute atomic E-state index is 9.96. The van der Waals surface area contributed by atoms with E-state index in [2.05, 4.69) is 0 Å². The highest BCUT2D eigenvalue weighted by atomic mass is 16.3. The molecule has 10 aromatic rings. The van der Waals surface area contributed by atoms with Crippen molar-refractivity contribution in [2.45, 2.75) is 0 Å². The first-order valence-electron chi connectivity index (χ1n) is 27.9. The molecule has 218 valence electrons. The molecule has 0 amide bonds. The van der Waals surface area contributed by atoms with E-state index in [1.54, 1.807) is 0 Å². The fourth-order valence-corrected chi connectivity index (χ4v) is 5.79. The third kappa shape index (κ3) is 3.97. The van der Waals surface area contributed by atoms with Crippen molar-refractivity contribution in [3.63, 3.8) is 0 Å². The number of fused-ring (bicyclic) bond motifs is 8. The van der Waals surface area contributed by atoms with Gasteiger partial charge in [0.15, 0.2) is 0 Å². The fraction of sp³-hybridized carbons (Fsp3) is 0. The first-order valence-corrected chi connectivity index (χ1v) is 13.9. The van der Waals surface area contributed by atoms with Crippen molar-refractivity contribution < 1.29 is 42.8 Å². The van der Waals surface area contributed by atoms with Gasteiger partial charge in [-0.3, -0.25) is 0 Å². The van der Waals surface area contributed by atoms with Gasteiger partial charge in [0.2, 0.25) is 0 Å². The van der Waals surface area contributed by atoms with Crippen LogP contribution in [0.15, 0.2) is 174 Å². The summed E-state index contributed by atoms with van der Waals surface area (Å²) < 4.78 is 259. The lowest BCUT2D eigenvalue weighted by Gasteiger charge is -2.19. The second kappa shape index (κ2) is 10.2. The lowest BCUT2D eigenvalue weighted by atomic mass is 9.83. The van der Waals surface area contributed by atoms with E-state index >= 15 is 0 Å². The monoisotopic (exact) mass is 624 g/mol. The van der Waals surface area contributed by atoms with Gasteiger partial charge in [-0.25, -0.2) is 0 Å². The van der Waals surface area contributed by atoms with Crippen LogP contribution < -0.4 is 0 Å². The Kier molecular flexibility index (Phi) is 2.31. The van der Waals surface area contributed by atoms with E-state index in [1.165, 1.54) is 0 Å². The molecule has 9 aromatic carbocycles. The molecule has 0 spiro atoms. The Morgan fingerprint density at radius 1 is 0.340 bits per heavy atom. The molecular formula is C46H28O. The quantitative estimate of drug-likeness (QED) is 0.178. The number of benzene rings is 9. The van der Waals surface area contributed by atoms with Crippen LogP contribution in [0.3, 0.4) is 0 Å². The minimum absolute atomic E-state index is 0.429. The first kappa shape index (κ1) is 10.7. The smallest absolute Gasteiger partial charge is 0.143 e. The third-order valence-electron chi connectivity index (χ3n) is 7.75. The lowest BCUT2D eigenvalue weighted by Crippen LogP contribution is -1.92. The molecule has 47 heavy (non-hydrogen) atoms. The van der Waals surface area contributed by atoms with Crippen LogP contribution in [0.25, 0.3) is 98.4 Å². The third-order valence-corrected chi connectivity index (χ3v) is 7.75. The van der Waals surface area contributed by atoms with Crippen molar-refractivity contribution in [3.05, 3.63) is 169 Å². The van der Waals surface area contributed by atoms with Gasteiger partial charge in [0.25, 0.3) is 0 Å². The molecule has 0 bridgehead atoms. The topological polar surface area (TPSA) is 13.1 Å². The van der Waals surface area contributed by atoms with E-state index in [9.17, 15) is 13.7 Å². The Morgan fingerprint density at radius 2 is 0.936 bits per heavy atom. The van der Waals surface area contributed by atoms with Crippen LogP contribution in [0.2, 0.25) is 0 Å². The van der Waals surface area contributed by atoms with Gasteiger partial charge in [0.05, 0.1) is 38.4 Å². The highest BCUT2D eigenvalue weighted by Crippen LogP contribution is 2.47. The Morgan fingerprint density at radius 3 is 1.66 bits per heavy atom. The van der Waals surface area contributed by atoms with Crippen molar-refractivity contribution >= 4 is 65.0 Å². The van der Waals surface area contributed by atoms with Gasteiger partial charge < -0.3 is 4.42 Å². The van der Waals surface area contributed by atoms with Crippen molar-refractivity contribution in [2.24, 2.45) is 0 Å². The first-order chi connectivity index (χ1) is 35.0. The van der Waals surface area contributed by atoms with E-state index in [0.29, 0.717) is 0 Å². The van der Waals surface area contributed by atoms with E-state index in [0.717, 1.165) is 0 Å². The molecule has 1 heteroatoms. The van der Waals surface area contributed by atoms with Crippen LogP contribution in [-0.4, -0.2) is 0 Å². The molecule has 0 radical (unpaired) electrons. The lowest BCUT2D eigenvalue weighted by molar-refractivity contribution is 0.672. The summed E-state index contributed by atoms with van der Waals surface area (Å²) in [5.74, 6) is 0. The van der Waals surface area contributed by atoms with Crippen molar-refractivity contribution in [1.82, 2.24) is 0 Å². The zero-order chi connectivity index (χ0) is 55.3.